The maximum Gasteiger partial charge on any atom is 0.253 e. The molecule has 1 heterocycles. The molecule has 0 aromatic heterocycles. The number of methoxy groups -OCH3 is 2. The third-order valence-corrected chi connectivity index (χ3v) is 5.89. The van der Waals surface area contributed by atoms with Gasteiger partial charge in [-0.15, -0.1) is 0 Å². The summed E-state index contributed by atoms with van der Waals surface area (Å²) in [6.07, 6.45) is 0. The Morgan fingerprint density at radius 3 is 2.21 bits per heavy atom. The van der Waals surface area contributed by atoms with Crippen LogP contribution in [0.1, 0.15) is 21.5 Å². The zero-order valence-electron chi connectivity index (χ0n) is 19.2. The number of anilines is 1. The van der Waals surface area contributed by atoms with E-state index in [1.807, 2.05) is 71.6 Å². The number of amides is 1. The van der Waals surface area contributed by atoms with Crippen LogP contribution in [0.4, 0.5) is 5.69 Å². The Balaban J connectivity index is 1.39. The van der Waals surface area contributed by atoms with Crippen LogP contribution in [0.3, 0.4) is 0 Å². The van der Waals surface area contributed by atoms with E-state index in [1.165, 1.54) is 0 Å². The van der Waals surface area contributed by atoms with Crippen LogP contribution in [-0.4, -0.2) is 51.2 Å². The van der Waals surface area contributed by atoms with Gasteiger partial charge in [0.15, 0.2) is 0 Å². The highest BCUT2D eigenvalue weighted by atomic mass is 16.5. The lowest BCUT2D eigenvalue weighted by molar-refractivity contribution is 0.0745. The number of piperazine rings is 1. The first-order chi connectivity index (χ1) is 16.2. The maximum absolute atomic E-state index is 13.2. The maximum atomic E-state index is 13.2. The first-order valence-electron chi connectivity index (χ1n) is 11.2. The average molecular weight is 447 g/mol. The van der Waals surface area contributed by atoms with Crippen LogP contribution in [0.25, 0.3) is 0 Å². The smallest absolute Gasteiger partial charge is 0.253 e. The second-order valence-electron chi connectivity index (χ2n) is 7.96. The number of rotatable bonds is 8. The lowest BCUT2D eigenvalue weighted by Gasteiger charge is -2.36. The molecule has 1 fully saturated rings. The molecular formula is C27H30N2O4. The molecule has 0 saturated carbocycles. The van der Waals surface area contributed by atoms with E-state index in [2.05, 4.69) is 11.0 Å². The first kappa shape index (κ1) is 22.7. The van der Waals surface area contributed by atoms with Crippen LogP contribution >= 0.6 is 0 Å². The van der Waals surface area contributed by atoms with Gasteiger partial charge in [-0.05, 0) is 35.9 Å². The summed E-state index contributed by atoms with van der Waals surface area (Å²) < 4.78 is 16.9. The van der Waals surface area contributed by atoms with Gasteiger partial charge in [0.05, 0.1) is 33.1 Å². The molecule has 4 rings (SSSR count). The second kappa shape index (κ2) is 10.9. The average Bonchev–Trinajstić information content (AvgIpc) is 2.89. The zero-order chi connectivity index (χ0) is 23.0. The highest BCUT2D eigenvalue weighted by Crippen LogP contribution is 2.29. The van der Waals surface area contributed by atoms with Crippen LogP contribution in [0.15, 0.2) is 72.8 Å². The molecule has 1 saturated heterocycles. The van der Waals surface area contributed by atoms with Crippen molar-refractivity contribution in [3.05, 3.63) is 89.5 Å². The van der Waals surface area contributed by atoms with E-state index < -0.39 is 0 Å². The minimum atomic E-state index is 0.0293. The summed E-state index contributed by atoms with van der Waals surface area (Å²) in [6.45, 7) is 3.71. The summed E-state index contributed by atoms with van der Waals surface area (Å²) in [6, 6.07) is 23.6. The Bertz CT molecular complexity index is 1060. The van der Waals surface area contributed by atoms with Crippen LogP contribution in [0.2, 0.25) is 0 Å². The Kier molecular flexibility index (Phi) is 7.47. The second-order valence-corrected chi connectivity index (χ2v) is 7.96. The van der Waals surface area contributed by atoms with E-state index in [9.17, 15) is 4.79 Å². The molecule has 1 amide bonds. The largest absolute Gasteiger partial charge is 0.496 e. The van der Waals surface area contributed by atoms with Gasteiger partial charge >= 0.3 is 0 Å². The molecule has 0 atom stereocenters. The SMILES string of the molecule is COc1ccc(C(=O)N2CCN(c3ccccc3OC)CC2)cc1COCc1ccccc1. The Labute approximate surface area is 195 Å². The topological polar surface area (TPSA) is 51.2 Å². The normalized spacial score (nSPS) is 13.6. The summed E-state index contributed by atoms with van der Waals surface area (Å²) in [5.41, 5.74) is 3.69. The monoisotopic (exact) mass is 446 g/mol. The standard InChI is InChI=1S/C27H30N2O4/c1-31-25-13-12-22(18-23(25)20-33-19-21-8-4-3-5-9-21)27(30)29-16-14-28(15-17-29)24-10-6-7-11-26(24)32-2/h3-13,18H,14-17,19-20H2,1-2H3. The van der Waals surface area contributed by atoms with E-state index in [0.717, 1.165) is 41.4 Å². The van der Waals surface area contributed by atoms with Gasteiger partial charge in [-0.1, -0.05) is 42.5 Å². The molecule has 0 aliphatic carbocycles. The molecule has 3 aromatic rings. The number of hydrogen-bond donors (Lipinski definition) is 0. The first-order valence-corrected chi connectivity index (χ1v) is 11.2. The molecule has 0 spiro atoms. The predicted molar refractivity (Wildman–Crippen MR) is 129 cm³/mol. The van der Waals surface area contributed by atoms with Gasteiger partial charge in [-0.2, -0.15) is 0 Å². The van der Waals surface area contributed by atoms with Crippen molar-refractivity contribution in [1.82, 2.24) is 4.90 Å². The minimum Gasteiger partial charge on any atom is -0.496 e. The molecule has 6 heteroatoms. The van der Waals surface area contributed by atoms with E-state index in [4.69, 9.17) is 14.2 Å². The fourth-order valence-corrected chi connectivity index (χ4v) is 4.10. The van der Waals surface area contributed by atoms with Crippen molar-refractivity contribution in [2.75, 3.05) is 45.3 Å². The van der Waals surface area contributed by atoms with Gasteiger partial charge in [0, 0.05) is 37.3 Å². The molecule has 1 aliphatic rings. The minimum absolute atomic E-state index is 0.0293. The number of ether oxygens (including phenoxy) is 3. The summed E-state index contributed by atoms with van der Waals surface area (Å²) in [5, 5.41) is 0. The summed E-state index contributed by atoms with van der Waals surface area (Å²) in [5.74, 6) is 1.61. The lowest BCUT2D eigenvalue weighted by atomic mass is 10.1. The number of para-hydroxylation sites is 2. The van der Waals surface area contributed by atoms with Gasteiger partial charge < -0.3 is 24.0 Å². The fraction of sp³-hybridized carbons (Fsp3) is 0.296. The van der Waals surface area contributed by atoms with E-state index >= 15 is 0 Å². The van der Waals surface area contributed by atoms with Crippen molar-refractivity contribution < 1.29 is 19.0 Å². The molecule has 33 heavy (non-hydrogen) atoms. The van der Waals surface area contributed by atoms with Crippen molar-refractivity contribution in [3.63, 3.8) is 0 Å². The third-order valence-electron chi connectivity index (χ3n) is 5.89. The van der Waals surface area contributed by atoms with E-state index in [-0.39, 0.29) is 5.91 Å². The third kappa shape index (κ3) is 5.46. The van der Waals surface area contributed by atoms with Gasteiger partial charge in [-0.3, -0.25) is 4.79 Å². The van der Waals surface area contributed by atoms with E-state index in [1.54, 1.807) is 14.2 Å². The van der Waals surface area contributed by atoms with Crippen LogP contribution in [-0.2, 0) is 18.0 Å². The molecule has 6 nitrogen and oxygen atoms in total. The van der Waals surface area contributed by atoms with Crippen LogP contribution < -0.4 is 14.4 Å². The number of benzene rings is 3. The number of hydrogen-bond acceptors (Lipinski definition) is 5. The van der Waals surface area contributed by atoms with Crippen molar-refractivity contribution in [2.45, 2.75) is 13.2 Å². The zero-order valence-corrected chi connectivity index (χ0v) is 19.2. The van der Waals surface area contributed by atoms with Crippen molar-refractivity contribution in [2.24, 2.45) is 0 Å². The van der Waals surface area contributed by atoms with E-state index in [0.29, 0.717) is 31.9 Å². The lowest BCUT2D eigenvalue weighted by Crippen LogP contribution is -2.48. The van der Waals surface area contributed by atoms with Gasteiger partial charge in [-0.25, -0.2) is 0 Å². The quantitative estimate of drug-likeness (QED) is 0.514. The molecule has 1 aliphatic heterocycles. The van der Waals surface area contributed by atoms with Gasteiger partial charge in [0.25, 0.3) is 5.91 Å². The van der Waals surface area contributed by atoms with Crippen LogP contribution in [0, 0.1) is 0 Å². The van der Waals surface area contributed by atoms with Crippen LogP contribution in [0.5, 0.6) is 11.5 Å². The highest BCUT2D eigenvalue weighted by molar-refractivity contribution is 5.94. The molecule has 3 aromatic carbocycles. The molecule has 0 radical (unpaired) electrons. The fourth-order valence-electron chi connectivity index (χ4n) is 4.10. The van der Waals surface area contributed by atoms with Gasteiger partial charge in [0.2, 0.25) is 0 Å². The molecule has 0 unspecified atom stereocenters. The van der Waals surface area contributed by atoms with Crippen molar-refractivity contribution >= 4 is 11.6 Å². The van der Waals surface area contributed by atoms with Gasteiger partial charge in [0.1, 0.15) is 11.5 Å². The molecular weight excluding hydrogens is 416 g/mol. The van der Waals surface area contributed by atoms with Crippen molar-refractivity contribution in [3.8, 4) is 11.5 Å². The molecule has 0 N–H and O–H groups in total. The summed E-state index contributed by atoms with van der Waals surface area (Å²) in [7, 11) is 3.32. The number of carbonyl (C=O) groups excluding carboxylic acids is 1. The Hall–Kier alpha value is -3.51. The Morgan fingerprint density at radius 1 is 0.788 bits per heavy atom. The van der Waals surface area contributed by atoms with Crippen molar-refractivity contribution in [1.29, 1.82) is 0 Å². The number of carbonyl (C=O) groups is 1. The number of nitrogens with zero attached hydrogens (tertiary/aromatic N) is 2. The molecule has 0 bridgehead atoms. The summed E-state index contributed by atoms with van der Waals surface area (Å²) >= 11 is 0. The Morgan fingerprint density at radius 2 is 1.48 bits per heavy atom. The predicted octanol–water partition coefficient (Wildman–Crippen LogP) is 4.38. The summed E-state index contributed by atoms with van der Waals surface area (Å²) in [4.78, 5) is 17.4. The molecule has 172 valence electrons. The highest BCUT2D eigenvalue weighted by Gasteiger charge is 2.24.